The lowest BCUT2D eigenvalue weighted by Crippen LogP contribution is -2.30. The topological polar surface area (TPSA) is 71.7 Å². The molecular formula is C15H16ClNO4. The second kappa shape index (κ2) is 7.71. The number of benzene rings is 1. The number of carbonyl (C=O) groups excluding carboxylic acids is 1. The number of furan rings is 1. The Bertz CT molecular complexity index is 554. The number of rotatable bonds is 7. The minimum Gasteiger partial charge on any atom is -0.484 e. The second-order valence-electron chi connectivity index (χ2n) is 4.41. The molecule has 2 N–H and O–H groups in total. The van der Waals surface area contributed by atoms with Gasteiger partial charge in [0.25, 0.3) is 5.91 Å². The van der Waals surface area contributed by atoms with Crippen LogP contribution in [0.15, 0.2) is 47.1 Å². The third kappa shape index (κ3) is 5.13. The van der Waals surface area contributed by atoms with Crippen molar-refractivity contribution in [2.45, 2.75) is 12.5 Å². The maximum Gasteiger partial charge on any atom is 0.257 e. The molecule has 1 aromatic heterocycles. The van der Waals surface area contributed by atoms with Crippen molar-refractivity contribution in [1.82, 2.24) is 5.32 Å². The highest BCUT2D eigenvalue weighted by atomic mass is 35.5. The van der Waals surface area contributed by atoms with Gasteiger partial charge in [-0.05, 0) is 42.8 Å². The van der Waals surface area contributed by atoms with Crippen molar-refractivity contribution in [1.29, 1.82) is 0 Å². The van der Waals surface area contributed by atoms with Gasteiger partial charge in [0.1, 0.15) is 17.6 Å². The fourth-order valence-corrected chi connectivity index (χ4v) is 1.83. The summed E-state index contributed by atoms with van der Waals surface area (Å²) in [6.45, 7) is 0.253. The Labute approximate surface area is 127 Å². The third-order valence-electron chi connectivity index (χ3n) is 2.80. The van der Waals surface area contributed by atoms with E-state index in [1.807, 2.05) is 0 Å². The fourth-order valence-electron chi connectivity index (χ4n) is 1.70. The average Bonchev–Trinajstić information content (AvgIpc) is 3.01. The van der Waals surface area contributed by atoms with Crippen LogP contribution in [0, 0.1) is 0 Å². The number of ether oxygens (including phenoxy) is 1. The number of hydrogen-bond acceptors (Lipinski definition) is 4. The van der Waals surface area contributed by atoms with Gasteiger partial charge in [0.15, 0.2) is 6.61 Å². The van der Waals surface area contributed by atoms with Crippen LogP contribution in [-0.2, 0) is 4.79 Å². The fraction of sp³-hybridized carbons (Fsp3) is 0.267. The van der Waals surface area contributed by atoms with Crippen LogP contribution in [0.3, 0.4) is 0 Å². The molecule has 2 aromatic rings. The first-order valence-electron chi connectivity index (χ1n) is 6.51. The van der Waals surface area contributed by atoms with Crippen LogP contribution in [0.25, 0.3) is 0 Å². The number of carbonyl (C=O) groups is 1. The van der Waals surface area contributed by atoms with Crippen molar-refractivity contribution in [3.63, 3.8) is 0 Å². The SMILES string of the molecule is O=C(COc1ccc(Cl)cc1)NCCC(O)c1ccco1. The van der Waals surface area contributed by atoms with E-state index in [1.165, 1.54) is 6.26 Å². The number of amides is 1. The lowest BCUT2D eigenvalue weighted by Gasteiger charge is -2.10. The normalized spacial score (nSPS) is 11.9. The van der Waals surface area contributed by atoms with Gasteiger partial charge in [0, 0.05) is 11.6 Å². The highest BCUT2D eigenvalue weighted by Crippen LogP contribution is 2.16. The van der Waals surface area contributed by atoms with Crippen LogP contribution < -0.4 is 10.1 Å². The van der Waals surface area contributed by atoms with E-state index in [1.54, 1.807) is 36.4 Å². The van der Waals surface area contributed by atoms with Gasteiger partial charge in [-0.2, -0.15) is 0 Å². The molecule has 0 aliphatic rings. The second-order valence-corrected chi connectivity index (χ2v) is 4.85. The van der Waals surface area contributed by atoms with E-state index in [2.05, 4.69) is 5.32 Å². The highest BCUT2D eigenvalue weighted by Gasteiger charge is 2.10. The molecule has 0 saturated heterocycles. The summed E-state index contributed by atoms with van der Waals surface area (Å²) in [5.74, 6) is 0.809. The summed E-state index contributed by atoms with van der Waals surface area (Å²) in [7, 11) is 0. The van der Waals surface area contributed by atoms with Crippen molar-refractivity contribution in [3.8, 4) is 5.75 Å². The van der Waals surface area contributed by atoms with Crippen LogP contribution in [0.4, 0.5) is 0 Å². The van der Waals surface area contributed by atoms with E-state index >= 15 is 0 Å². The summed E-state index contributed by atoms with van der Waals surface area (Å²) in [4.78, 5) is 11.6. The maximum atomic E-state index is 11.6. The van der Waals surface area contributed by atoms with Gasteiger partial charge in [0.2, 0.25) is 0 Å². The molecule has 112 valence electrons. The molecule has 21 heavy (non-hydrogen) atoms. The van der Waals surface area contributed by atoms with E-state index in [-0.39, 0.29) is 12.5 Å². The largest absolute Gasteiger partial charge is 0.484 e. The van der Waals surface area contributed by atoms with Gasteiger partial charge in [0.05, 0.1) is 6.26 Å². The highest BCUT2D eigenvalue weighted by molar-refractivity contribution is 6.30. The van der Waals surface area contributed by atoms with E-state index in [0.29, 0.717) is 29.5 Å². The van der Waals surface area contributed by atoms with Crippen LogP contribution in [-0.4, -0.2) is 24.2 Å². The van der Waals surface area contributed by atoms with Gasteiger partial charge >= 0.3 is 0 Å². The van der Waals surface area contributed by atoms with Crippen LogP contribution in [0.5, 0.6) is 5.75 Å². The molecule has 0 fully saturated rings. The Balaban J connectivity index is 1.64. The molecule has 0 spiro atoms. The molecule has 1 aromatic carbocycles. The summed E-state index contributed by atoms with van der Waals surface area (Å²) in [6, 6.07) is 10.2. The van der Waals surface area contributed by atoms with Gasteiger partial charge in [-0.3, -0.25) is 4.79 Å². The summed E-state index contributed by atoms with van der Waals surface area (Å²) < 4.78 is 10.4. The van der Waals surface area contributed by atoms with Crippen LogP contribution in [0.1, 0.15) is 18.3 Å². The molecule has 0 saturated carbocycles. The number of aliphatic hydroxyl groups excluding tert-OH is 1. The Morgan fingerprint density at radius 3 is 2.76 bits per heavy atom. The molecule has 0 aliphatic carbocycles. The van der Waals surface area contributed by atoms with Crippen molar-refractivity contribution in [3.05, 3.63) is 53.4 Å². The van der Waals surface area contributed by atoms with Gasteiger partial charge in [-0.1, -0.05) is 11.6 Å². The van der Waals surface area contributed by atoms with Crippen molar-refractivity contribution < 1.29 is 19.1 Å². The first-order valence-corrected chi connectivity index (χ1v) is 6.89. The van der Waals surface area contributed by atoms with E-state index in [0.717, 1.165) is 0 Å². The zero-order valence-corrected chi connectivity index (χ0v) is 12.0. The molecule has 1 amide bonds. The van der Waals surface area contributed by atoms with E-state index in [9.17, 15) is 9.90 Å². The predicted octanol–water partition coefficient (Wildman–Crippen LogP) is 2.55. The first kappa shape index (κ1) is 15.4. The standard InChI is InChI=1S/C15H16ClNO4/c16-11-3-5-12(6-4-11)21-10-15(19)17-8-7-13(18)14-2-1-9-20-14/h1-6,9,13,18H,7-8,10H2,(H,17,19). The lowest BCUT2D eigenvalue weighted by atomic mass is 10.2. The van der Waals surface area contributed by atoms with Gasteiger partial charge < -0.3 is 19.6 Å². The smallest absolute Gasteiger partial charge is 0.257 e. The molecule has 0 aliphatic heterocycles. The Hall–Kier alpha value is -1.98. The van der Waals surface area contributed by atoms with Crippen molar-refractivity contribution >= 4 is 17.5 Å². The Morgan fingerprint density at radius 1 is 1.33 bits per heavy atom. The first-order chi connectivity index (χ1) is 10.1. The van der Waals surface area contributed by atoms with Crippen LogP contribution >= 0.6 is 11.6 Å². The average molecular weight is 310 g/mol. The lowest BCUT2D eigenvalue weighted by molar-refractivity contribution is -0.123. The van der Waals surface area contributed by atoms with E-state index < -0.39 is 6.10 Å². The molecule has 6 heteroatoms. The predicted molar refractivity (Wildman–Crippen MR) is 78.2 cm³/mol. The zero-order valence-electron chi connectivity index (χ0n) is 11.3. The van der Waals surface area contributed by atoms with Crippen LogP contribution in [0.2, 0.25) is 5.02 Å². The van der Waals surface area contributed by atoms with Gasteiger partial charge in [-0.15, -0.1) is 0 Å². The quantitative estimate of drug-likeness (QED) is 0.824. The number of halogens is 1. The Kier molecular flexibility index (Phi) is 5.66. The molecule has 0 radical (unpaired) electrons. The molecule has 0 bridgehead atoms. The molecule has 1 unspecified atom stereocenters. The minimum atomic E-state index is -0.725. The van der Waals surface area contributed by atoms with Crippen molar-refractivity contribution in [2.24, 2.45) is 0 Å². The molecule has 2 rings (SSSR count). The number of aliphatic hydroxyl groups is 1. The summed E-state index contributed by atoms with van der Waals surface area (Å²) in [6.07, 6.45) is 1.15. The van der Waals surface area contributed by atoms with Crippen molar-refractivity contribution in [2.75, 3.05) is 13.2 Å². The molecular weight excluding hydrogens is 294 g/mol. The zero-order chi connectivity index (χ0) is 15.1. The Morgan fingerprint density at radius 2 is 2.10 bits per heavy atom. The molecule has 5 nitrogen and oxygen atoms in total. The third-order valence-corrected chi connectivity index (χ3v) is 3.05. The number of nitrogens with one attached hydrogen (secondary N) is 1. The van der Waals surface area contributed by atoms with Gasteiger partial charge in [-0.25, -0.2) is 0 Å². The molecule has 1 heterocycles. The summed E-state index contributed by atoms with van der Waals surface area (Å²) >= 11 is 5.75. The summed E-state index contributed by atoms with van der Waals surface area (Å²) in [5.41, 5.74) is 0. The molecule has 1 atom stereocenters. The number of hydrogen-bond donors (Lipinski definition) is 2. The summed E-state index contributed by atoms with van der Waals surface area (Å²) in [5, 5.41) is 13.0. The minimum absolute atomic E-state index is 0.0848. The monoisotopic (exact) mass is 309 g/mol. The maximum absolute atomic E-state index is 11.6. The van der Waals surface area contributed by atoms with E-state index in [4.69, 9.17) is 20.8 Å².